The first-order valence-corrected chi connectivity index (χ1v) is 8.53. The molecule has 0 radical (unpaired) electrons. The number of hydrogen-bond acceptors (Lipinski definition) is 5. The Morgan fingerprint density at radius 1 is 1.16 bits per heavy atom. The second-order valence-electron chi connectivity index (χ2n) is 6.05. The molecule has 0 atom stereocenters. The third kappa shape index (κ3) is 4.86. The van der Waals surface area contributed by atoms with Gasteiger partial charge in [-0.3, -0.25) is 4.79 Å². The molecular weight excluding hydrogens is 318 g/mol. The second kappa shape index (κ2) is 8.37. The number of nitrogens with zero attached hydrogens (tertiary/aromatic N) is 1. The Bertz CT molecular complexity index is 697. The largest absolute Gasteiger partial charge is 0.493 e. The number of aromatic nitrogens is 1. The van der Waals surface area contributed by atoms with E-state index in [2.05, 4.69) is 15.6 Å². The minimum Gasteiger partial charge on any atom is -0.493 e. The Morgan fingerprint density at radius 2 is 1.92 bits per heavy atom. The summed E-state index contributed by atoms with van der Waals surface area (Å²) in [5, 5.41) is 6.19. The topological polar surface area (TPSA) is 72.5 Å². The van der Waals surface area contributed by atoms with Gasteiger partial charge < -0.3 is 20.1 Å². The maximum Gasteiger partial charge on any atom is 0.263 e. The second-order valence-corrected chi connectivity index (χ2v) is 6.05. The Morgan fingerprint density at radius 3 is 2.60 bits per heavy atom. The van der Waals surface area contributed by atoms with Crippen LogP contribution >= 0.6 is 0 Å². The Balaban J connectivity index is 1.49. The fourth-order valence-corrected chi connectivity index (χ4v) is 2.92. The van der Waals surface area contributed by atoms with Crippen molar-refractivity contribution in [2.75, 3.05) is 24.4 Å². The van der Waals surface area contributed by atoms with Crippen LogP contribution in [-0.2, 0) is 4.79 Å². The first-order chi connectivity index (χ1) is 12.2. The summed E-state index contributed by atoms with van der Waals surface area (Å²) in [6, 6.07) is 11.5. The number of nitrogens with one attached hydrogen (secondary N) is 2. The van der Waals surface area contributed by atoms with Crippen molar-refractivity contribution < 1.29 is 14.3 Å². The zero-order valence-corrected chi connectivity index (χ0v) is 14.3. The number of ether oxygens (including phenoxy) is 2. The predicted molar refractivity (Wildman–Crippen MR) is 97.2 cm³/mol. The van der Waals surface area contributed by atoms with Crippen molar-refractivity contribution in [2.45, 2.75) is 31.7 Å². The van der Waals surface area contributed by atoms with Crippen LogP contribution in [0.2, 0.25) is 0 Å². The third-order valence-electron chi connectivity index (χ3n) is 4.18. The van der Waals surface area contributed by atoms with E-state index in [0.717, 1.165) is 5.69 Å². The van der Waals surface area contributed by atoms with Crippen LogP contribution in [0, 0.1) is 0 Å². The minimum absolute atomic E-state index is 0.107. The molecule has 1 saturated carbocycles. The fraction of sp³-hybridized carbons (Fsp3) is 0.368. The van der Waals surface area contributed by atoms with Gasteiger partial charge in [-0.05, 0) is 37.1 Å². The molecule has 6 nitrogen and oxygen atoms in total. The van der Waals surface area contributed by atoms with Crippen LogP contribution in [0.1, 0.15) is 25.7 Å². The average molecular weight is 341 g/mol. The lowest BCUT2D eigenvalue weighted by Crippen LogP contribution is -2.21. The van der Waals surface area contributed by atoms with Gasteiger partial charge in [0, 0.05) is 6.04 Å². The van der Waals surface area contributed by atoms with Crippen molar-refractivity contribution >= 4 is 17.4 Å². The average Bonchev–Trinajstić information content (AvgIpc) is 3.15. The maximum absolute atomic E-state index is 12.0. The Kier molecular flexibility index (Phi) is 5.72. The summed E-state index contributed by atoms with van der Waals surface area (Å²) >= 11 is 0. The van der Waals surface area contributed by atoms with Crippen LogP contribution in [0.25, 0.3) is 0 Å². The van der Waals surface area contributed by atoms with E-state index >= 15 is 0 Å². The van der Waals surface area contributed by atoms with Gasteiger partial charge in [0.05, 0.1) is 19.0 Å². The number of hydrogen-bond donors (Lipinski definition) is 2. The van der Waals surface area contributed by atoms with Gasteiger partial charge in [-0.1, -0.05) is 25.0 Å². The highest BCUT2D eigenvalue weighted by Gasteiger charge is 2.14. The zero-order chi connectivity index (χ0) is 17.5. The van der Waals surface area contributed by atoms with Crippen LogP contribution in [0.4, 0.5) is 11.5 Å². The lowest BCUT2D eigenvalue weighted by molar-refractivity contribution is -0.118. The lowest BCUT2D eigenvalue weighted by atomic mass is 10.2. The smallest absolute Gasteiger partial charge is 0.263 e. The van der Waals surface area contributed by atoms with Gasteiger partial charge in [-0.25, -0.2) is 4.98 Å². The molecule has 1 aromatic carbocycles. The number of carbonyl (C=O) groups excluding carboxylic acids is 1. The molecule has 0 unspecified atom stereocenters. The molecule has 1 heterocycles. The molecule has 2 aromatic rings. The third-order valence-corrected chi connectivity index (χ3v) is 4.18. The van der Waals surface area contributed by atoms with Gasteiger partial charge in [0.1, 0.15) is 5.82 Å². The number of amides is 1. The number of methoxy groups -OCH3 is 1. The minimum atomic E-state index is -0.269. The number of pyridine rings is 1. The van der Waals surface area contributed by atoms with Crippen molar-refractivity contribution in [1.82, 2.24) is 4.98 Å². The Labute approximate surface area is 147 Å². The normalized spacial score (nSPS) is 14.1. The van der Waals surface area contributed by atoms with Gasteiger partial charge in [0.2, 0.25) is 0 Å². The number of rotatable bonds is 7. The summed E-state index contributed by atoms with van der Waals surface area (Å²) in [7, 11) is 1.56. The molecule has 6 heteroatoms. The van der Waals surface area contributed by atoms with Crippen LogP contribution in [0.5, 0.6) is 11.5 Å². The molecule has 0 saturated heterocycles. The summed E-state index contributed by atoms with van der Waals surface area (Å²) in [4.78, 5) is 16.3. The molecule has 1 fully saturated rings. The summed E-state index contributed by atoms with van der Waals surface area (Å²) in [5.41, 5.74) is 0.982. The molecule has 1 amide bonds. The molecule has 0 spiro atoms. The lowest BCUT2D eigenvalue weighted by Gasteiger charge is -2.13. The van der Waals surface area contributed by atoms with E-state index in [1.54, 1.807) is 31.5 Å². The molecule has 1 aliphatic carbocycles. The molecule has 1 aromatic heterocycles. The molecule has 132 valence electrons. The van der Waals surface area contributed by atoms with Crippen molar-refractivity contribution in [3.8, 4) is 11.5 Å². The van der Waals surface area contributed by atoms with Crippen LogP contribution < -0.4 is 20.1 Å². The predicted octanol–water partition coefficient (Wildman–Crippen LogP) is 3.46. The van der Waals surface area contributed by atoms with E-state index in [9.17, 15) is 4.79 Å². The summed E-state index contributed by atoms with van der Waals surface area (Å²) < 4.78 is 10.7. The van der Waals surface area contributed by atoms with E-state index in [-0.39, 0.29) is 12.5 Å². The van der Waals surface area contributed by atoms with Crippen molar-refractivity contribution in [1.29, 1.82) is 0 Å². The van der Waals surface area contributed by atoms with Crippen LogP contribution in [-0.4, -0.2) is 30.6 Å². The van der Waals surface area contributed by atoms with Crippen LogP contribution in [0.15, 0.2) is 42.6 Å². The zero-order valence-electron chi connectivity index (χ0n) is 14.3. The summed E-state index contributed by atoms with van der Waals surface area (Å²) in [6.45, 7) is -0.107. The molecule has 25 heavy (non-hydrogen) atoms. The van der Waals surface area contributed by atoms with Crippen LogP contribution in [0.3, 0.4) is 0 Å². The van der Waals surface area contributed by atoms with Gasteiger partial charge in [0.15, 0.2) is 18.1 Å². The van der Waals surface area contributed by atoms with Gasteiger partial charge in [-0.2, -0.15) is 0 Å². The Hall–Kier alpha value is -2.76. The molecule has 3 rings (SSSR count). The van der Waals surface area contributed by atoms with Crippen molar-refractivity contribution in [3.63, 3.8) is 0 Å². The van der Waals surface area contributed by atoms with Crippen molar-refractivity contribution in [2.24, 2.45) is 0 Å². The number of benzene rings is 1. The monoisotopic (exact) mass is 341 g/mol. The van der Waals surface area contributed by atoms with E-state index in [1.165, 1.54) is 25.7 Å². The molecular formula is C19H23N3O3. The van der Waals surface area contributed by atoms with Gasteiger partial charge >= 0.3 is 0 Å². The van der Waals surface area contributed by atoms with E-state index in [1.807, 2.05) is 18.2 Å². The summed E-state index contributed by atoms with van der Waals surface area (Å²) in [6.07, 6.45) is 6.73. The first kappa shape index (κ1) is 17.1. The molecule has 0 bridgehead atoms. The number of carbonyl (C=O) groups is 1. The maximum atomic E-state index is 12.0. The first-order valence-electron chi connectivity index (χ1n) is 8.53. The standard InChI is InChI=1S/C19H23N3O3/c1-24-16-8-4-5-9-17(16)25-13-19(23)22-18-11-10-15(12-20-18)21-14-6-2-3-7-14/h4-5,8-12,14,21H,2-3,6-7,13H2,1H3,(H,20,22,23). The van der Waals surface area contributed by atoms with E-state index in [0.29, 0.717) is 23.4 Å². The number of anilines is 2. The molecule has 0 aliphatic heterocycles. The van der Waals surface area contributed by atoms with Gasteiger partial charge in [0.25, 0.3) is 5.91 Å². The van der Waals surface area contributed by atoms with Crippen molar-refractivity contribution in [3.05, 3.63) is 42.6 Å². The SMILES string of the molecule is COc1ccccc1OCC(=O)Nc1ccc(NC2CCCC2)cn1. The highest BCUT2D eigenvalue weighted by Crippen LogP contribution is 2.25. The van der Waals surface area contributed by atoms with E-state index < -0.39 is 0 Å². The highest BCUT2D eigenvalue weighted by molar-refractivity contribution is 5.91. The number of para-hydroxylation sites is 2. The molecule has 2 N–H and O–H groups in total. The van der Waals surface area contributed by atoms with E-state index in [4.69, 9.17) is 9.47 Å². The fourth-order valence-electron chi connectivity index (χ4n) is 2.92. The highest BCUT2D eigenvalue weighted by atomic mass is 16.5. The summed E-state index contributed by atoms with van der Waals surface area (Å²) in [5.74, 6) is 1.36. The van der Waals surface area contributed by atoms with Gasteiger partial charge in [-0.15, -0.1) is 0 Å². The quantitative estimate of drug-likeness (QED) is 0.807. The molecule has 1 aliphatic rings.